The zero-order chi connectivity index (χ0) is 29.6. The van der Waals surface area contributed by atoms with Gasteiger partial charge in [0.25, 0.3) is 5.91 Å². The highest BCUT2D eigenvalue weighted by Gasteiger charge is 2.34. The second-order valence-electron chi connectivity index (χ2n) is 11.5. The number of nitrogens with zero attached hydrogens (tertiary/aromatic N) is 3. The molecule has 0 radical (unpaired) electrons. The number of anilines is 1. The average molecular weight is 564 g/mol. The summed E-state index contributed by atoms with van der Waals surface area (Å²) >= 11 is 0. The summed E-state index contributed by atoms with van der Waals surface area (Å²) in [5, 5.41) is 11.1. The van der Waals surface area contributed by atoms with Gasteiger partial charge in [-0.15, -0.1) is 0 Å². The number of nitrogens with one attached hydrogen (secondary N) is 2. The fourth-order valence-corrected chi connectivity index (χ4v) is 5.19. The van der Waals surface area contributed by atoms with Crippen LogP contribution >= 0.6 is 0 Å². The van der Waals surface area contributed by atoms with Crippen LogP contribution in [0.3, 0.4) is 0 Å². The molecule has 0 saturated carbocycles. The highest BCUT2D eigenvalue weighted by atomic mass is 16.6. The Morgan fingerprint density at radius 2 is 1.68 bits per heavy atom. The number of amides is 2. The van der Waals surface area contributed by atoms with E-state index in [9.17, 15) is 14.4 Å². The highest BCUT2D eigenvalue weighted by molar-refractivity contribution is 6.12. The maximum atomic E-state index is 13.0. The predicted molar refractivity (Wildman–Crippen MR) is 158 cm³/mol. The second kappa shape index (κ2) is 13.3. The van der Waals surface area contributed by atoms with Crippen LogP contribution in [0, 0.1) is 5.41 Å². The lowest BCUT2D eigenvalue weighted by atomic mass is 9.83. The van der Waals surface area contributed by atoms with E-state index in [-0.39, 0.29) is 29.2 Å². The van der Waals surface area contributed by atoms with Gasteiger partial charge in [-0.1, -0.05) is 39.0 Å². The van der Waals surface area contributed by atoms with Crippen LogP contribution in [-0.2, 0) is 19.7 Å². The SMILES string of the molecule is CCOC(=O)CCN1CCN(CC2CN(c3ccc(C(=N)NC(=O)c4ccccc4C(C)(C)C)cc3)C(=O)O2)CC1. The maximum Gasteiger partial charge on any atom is 0.414 e. The molecule has 2 aliphatic heterocycles. The molecule has 220 valence electrons. The minimum absolute atomic E-state index is 0.00599. The molecule has 4 rings (SSSR count). The molecule has 1 atom stereocenters. The predicted octanol–water partition coefficient (Wildman–Crippen LogP) is 3.64. The molecule has 2 amide bonds. The molecular formula is C31H41N5O5. The Hall–Kier alpha value is -3.76. The molecule has 0 bridgehead atoms. The van der Waals surface area contributed by atoms with Crippen molar-refractivity contribution in [1.82, 2.24) is 15.1 Å². The molecule has 0 spiro atoms. The van der Waals surface area contributed by atoms with Gasteiger partial charge in [0.1, 0.15) is 11.9 Å². The lowest BCUT2D eigenvalue weighted by Crippen LogP contribution is -2.49. The van der Waals surface area contributed by atoms with E-state index in [2.05, 4.69) is 15.1 Å². The van der Waals surface area contributed by atoms with E-state index in [1.54, 1.807) is 35.2 Å². The minimum atomic E-state index is -0.391. The Kier molecular flexibility index (Phi) is 9.77. The average Bonchev–Trinajstić information content (AvgIpc) is 3.32. The van der Waals surface area contributed by atoms with E-state index in [1.807, 2.05) is 45.9 Å². The molecule has 0 aromatic heterocycles. The van der Waals surface area contributed by atoms with Gasteiger partial charge in [-0.2, -0.15) is 0 Å². The molecule has 10 heteroatoms. The van der Waals surface area contributed by atoms with Crippen molar-refractivity contribution in [3.63, 3.8) is 0 Å². The van der Waals surface area contributed by atoms with Crippen molar-refractivity contribution in [2.75, 3.05) is 57.3 Å². The van der Waals surface area contributed by atoms with Crippen LogP contribution in [-0.4, -0.2) is 92.1 Å². The quantitative estimate of drug-likeness (QED) is 0.272. The first-order valence-electron chi connectivity index (χ1n) is 14.2. The summed E-state index contributed by atoms with van der Waals surface area (Å²) < 4.78 is 10.7. The number of rotatable bonds is 9. The van der Waals surface area contributed by atoms with Crippen LogP contribution in [0.15, 0.2) is 48.5 Å². The zero-order valence-corrected chi connectivity index (χ0v) is 24.4. The van der Waals surface area contributed by atoms with Crippen LogP contribution in [0.25, 0.3) is 0 Å². The standard InChI is InChI=1S/C31H41N5O5/c1-5-40-27(37)14-15-34-16-18-35(19-17-34)20-24-21-36(30(39)41-24)23-12-10-22(11-13-23)28(32)33-29(38)25-8-6-7-9-26(25)31(2,3)4/h6-13,24H,5,14-21H2,1-4H3,(H2,32,33,38). The summed E-state index contributed by atoms with van der Waals surface area (Å²) in [7, 11) is 0. The van der Waals surface area contributed by atoms with Crippen LogP contribution < -0.4 is 10.2 Å². The van der Waals surface area contributed by atoms with Crippen LogP contribution in [0.4, 0.5) is 10.5 Å². The monoisotopic (exact) mass is 563 g/mol. The fourth-order valence-electron chi connectivity index (χ4n) is 5.19. The minimum Gasteiger partial charge on any atom is -0.466 e. The molecule has 2 aliphatic rings. The van der Waals surface area contributed by atoms with Gasteiger partial charge in [0, 0.05) is 56.1 Å². The van der Waals surface area contributed by atoms with Gasteiger partial charge in [0.2, 0.25) is 0 Å². The van der Waals surface area contributed by atoms with Crippen molar-refractivity contribution >= 4 is 29.5 Å². The van der Waals surface area contributed by atoms with E-state index in [4.69, 9.17) is 14.9 Å². The van der Waals surface area contributed by atoms with Crippen molar-refractivity contribution in [3.05, 3.63) is 65.2 Å². The van der Waals surface area contributed by atoms with Gasteiger partial charge >= 0.3 is 12.1 Å². The van der Waals surface area contributed by atoms with Crippen LogP contribution in [0.1, 0.15) is 55.6 Å². The van der Waals surface area contributed by atoms with Crippen molar-refractivity contribution in [2.24, 2.45) is 0 Å². The van der Waals surface area contributed by atoms with Crippen LogP contribution in [0.2, 0.25) is 0 Å². The van der Waals surface area contributed by atoms with Gasteiger partial charge in [0.15, 0.2) is 0 Å². The molecule has 2 aromatic carbocycles. The molecule has 2 N–H and O–H groups in total. The number of amidine groups is 1. The summed E-state index contributed by atoms with van der Waals surface area (Å²) in [6, 6.07) is 14.4. The molecule has 2 heterocycles. The van der Waals surface area contributed by atoms with Gasteiger partial charge < -0.3 is 19.7 Å². The summed E-state index contributed by atoms with van der Waals surface area (Å²) in [5.41, 5.74) is 2.48. The van der Waals surface area contributed by atoms with Gasteiger partial charge in [-0.3, -0.25) is 24.8 Å². The Balaban J connectivity index is 1.27. The van der Waals surface area contributed by atoms with Gasteiger partial charge in [-0.05, 0) is 48.2 Å². The first-order valence-corrected chi connectivity index (χ1v) is 14.2. The number of piperazine rings is 1. The molecule has 1 unspecified atom stereocenters. The number of ether oxygens (including phenoxy) is 2. The summed E-state index contributed by atoms with van der Waals surface area (Å²) in [4.78, 5) is 43.4. The Bertz CT molecular complexity index is 1250. The topological polar surface area (TPSA) is 115 Å². The number of carbonyl (C=O) groups is 3. The van der Waals surface area contributed by atoms with Crippen molar-refractivity contribution < 1.29 is 23.9 Å². The van der Waals surface area contributed by atoms with E-state index in [0.29, 0.717) is 49.5 Å². The Morgan fingerprint density at radius 1 is 1.02 bits per heavy atom. The summed E-state index contributed by atoms with van der Waals surface area (Å²) in [6.45, 7) is 13.6. The second-order valence-corrected chi connectivity index (χ2v) is 11.5. The first-order chi connectivity index (χ1) is 19.5. The number of carbonyl (C=O) groups excluding carboxylic acids is 3. The first kappa shape index (κ1) is 30.2. The van der Waals surface area contributed by atoms with Crippen molar-refractivity contribution in [1.29, 1.82) is 5.41 Å². The zero-order valence-electron chi connectivity index (χ0n) is 24.4. The highest BCUT2D eigenvalue weighted by Crippen LogP contribution is 2.26. The third-order valence-electron chi connectivity index (χ3n) is 7.42. The van der Waals surface area contributed by atoms with E-state index >= 15 is 0 Å². The lowest BCUT2D eigenvalue weighted by Gasteiger charge is -2.35. The smallest absolute Gasteiger partial charge is 0.414 e. The van der Waals surface area contributed by atoms with E-state index in [0.717, 1.165) is 31.7 Å². The summed E-state index contributed by atoms with van der Waals surface area (Å²) in [5.74, 6) is -0.492. The van der Waals surface area contributed by atoms with E-state index < -0.39 is 6.09 Å². The molecule has 0 aliphatic carbocycles. The van der Waals surface area contributed by atoms with E-state index in [1.165, 1.54) is 0 Å². The number of cyclic esters (lactones) is 1. The number of benzene rings is 2. The molecule has 2 aromatic rings. The molecule has 2 fully saturated rings. The largest absolute Gasteiger partial charge is 0.466 e. The molecule has 2 saturated heterocycles. The molecule has 10 nitrogen and oxygen atoms in total. The fraction of sp³-hybridized carbons (Fsp3) is 0.484. The van der Waals surface area contributed by atoms with Crippen molar-refractivity contribution in [2.45, 2.75) is 45.6 Å². The molecule has 41 heavy (non-hydrogen) atoms. The van der Waals surface area contributed by atoms with Gasteiger partial charge in [0.05, 0.1) is 19.6 Å². The third-order valence-corrected chi connectivity index (χ3v) is 7.42. The third kappa shape index (κ3) is 7.92. The maximum absolute atomic E-state index is 13.0. The summed E-state index contributed by atoms with van der Waals surface area (Å²) in [6.07, 6.45) is -0.231. The number of hydrogen-bond acceptors (Lipinski definition) is 8. The lowest BCUT2D eigenvalue weighted by molar-refractivity contribution is -0.143. The number of hydrogen-bond donors (Lipinski definition) is 2. The van der Waals surface area contributed by atoms with Gasteiger partial charge in [-0.25, -0.2) is 4.79 Å². The van der Waals surface area contributed by atoms with Crippen LogP contribution in [0.5, 0.6) is 0 Å². The normalized spacial score (nSPS) is 18.2. The Labute approximate surface area is 242 Å². The number of esters is 1. The molecular weight excluding hydrogens is 522 g/mol. The van der Waals surface area contributed by atoms with Crippen molar-refractivity contribution in [3.8, 4) is 0 Å². The Morgan fingerprint density at radius 3 is 2.34 bits per heavy atom.